The summed E-state index contributed by atoms with van der Waals surface area (Å²) in [5.41, 5.74) is 4.39. The summed E-state index contributed by atoms with van der Waals surface area (Å²) in [6.07, 6.45) is 0.133. The van der Waals surface area contributed by atoms with Crippen LogP contribution in [0.2, 0.25) is 0 Å². The molecule has 8 heteroatoms. The van der Waals surface area contributed by atoms with Crippen molar-refractivity contribution in [1.29, 1.82) is 0 Å². The number of thioether (sulfide) groups is 1. The highest BCUT2D eigenvalue weighted by Crippen LogP contribution is 2.40. The fourth-order valence-electron chi connectivity index (χ4n) is 1.92. The Balaban J connectivity index is 2.24. The summed E-state index contributed by atoms with van der Waals surface area (Å²) in [4.78, 5) is 22.2. The number of rotatable bonds is 4. The molecule has 0 aliphatic carbocycles. The van der Waals surface area contributed by atoms with Crippen molar-refractivity contribution in [3.63, 3.8) is 0 Å². The summed E-state index contributed by atoms with van der Waals surface area (Å²) in [5.74, 6) is -2.35. The Labute approximate surface area is 118 Å². The summed E-state index contributed by atoms with van der Waals surface area (Å²) < 4.78 is 0. The molecule has 0 spiro atoms. The molecule has 2 rings (SSSR count). The number of carboxylic acids is 2. The van der Waals surface area contributed by atoms with Gasteiger partial charge in [-0.05, 0) is 17.7 Å². The van der Waals surface area contributed by atoms with Gasteiger partial charge in [0.1, 0.15) is 11.8 Å². The number of hydrogen-bond donors (Lipinski definition) is 3. The van der Waals surface area contributed by atoms with Crippen molar-refractivity contribution in [3.8, 4) is 5.75 Å². The molecule has 0 saturated heterocycles. The van der Waals surface area contributed by atoms with Gasteiger partial charge in [-0.2, -0.15) is 0 Å². The first-order valence-electron chi connectivity index (χ1n) is 5.88. The number of nitrogens with one attached hydrogen (secondary N) is 1. The molecular weight excluding hydrogens is 284 g/mol. The van der Waals surface area contributed by atoms with E-state index < -0.39 is 24.0 Å². The number of aliphatic carboxylic acids is 2. The fourth-order valence-corrected chi connectivity index (χ4v) is 3.02. The van der Waals surface area contributed by atoms with Gasteiger partial charge in [0, 0.05) is 17.1 Å². The lowest BCUT2D eigenvalue weighted by molar-refractivity contribution is -0.437. The lowest BCUT2D eigenvalue weighted by Gasteiger charge is -2.28. The number of aromatic hydroxyl groups is 1. The predicted octanol–water partition coefficient (Wildman–Crippen LogP) is -3.07. The van der Waals surface area contributed by atoms with Crippen LogP contribution in [-0.4, -0.2) is 34.9 Å². The molecule has 1 aromatic rings. The van der Waals surface area contributed by atoms with E-state index in [2.05, 4.69) is 11.1 Å². The maximum Gasteiger partial charge on any atom is 0.140 e. The van der Waals surface area contributed by atoms with Crippen LogP contribution in [0.1, 0.15) is 5.56 Å². The van der Waals surface area contributed by atoms with Crippen LogP contribution >= 0.6 is 11.8 Å². The molecule has 0 amide bonds. The number of carboxylic acid groups (broad SMARTS) is 2. The number of phenols is 1. The molecule has 1 aromatic carbocycles. The van der Waals surface area contributed by atoms with Crippen LogP contribution in [0.4, 0.5) is 5.69 Å². The highest BCUT2D eigenvalue weighted by atomic mass is 32.2. The van der Waals surface area contributed by atoms with Crippen molar-refractivity contribution in [2.45, 2.75) is 23.4 Å². The molecule has 7 nitrogen and oxygen atoms in total. The number of anilines is 1. The summed E-state index contributed by atoms with van der Waals surface area (Å²) in [6.45, 7) is 0. The van der Waals surface area contributed by atoms with E-state index in [9.17, 15) is 24.9 Å². The molecule has 0 aromatic heterocycles. The van der Waals surface area contributed by atoms with Crippen molar-refractivity contribution in [3.05, 3.63) is 17.7 Å². The minimum Gasteiger partial charge on any atom is -0.548 e. The molecule has 0 radical (unpaired) electrons. The molecule has 1 aliphatic heterocycles. The van der Waals surface area contributed by atoms with Crippen molar-refractivity contribution in [1.82, 2.24) is 0 Å². The first-order valence-corrected chi connectivity index (χ1v) is 6.87. The van der Waals surface area contributed by atoms with Gasteiger partial charge in [0.2, 0.25) is 0 Å². The van der Waals surface area contributed by atoms with Crippen LogP contribution in [0.5, 0.6) is 5.75 Å². The highest BCUT2D eigenvalue weighted by Gasteiger charge is 2.23. The Bertz CT molecular complexity index is 563. The van der Waals surface area contributed by atoms with E-state index in [1.54, 1.807) is 6.07 Å². The molecule has 0 fully saturated rings. The Kier molecular flexibility index (Phi) is 4.05. The Morgan fingerprint density at radius 2 is 2.20 bits per heavy atom. The number of phenolic OH excluding ortho intramolecular Hbond substituents is 1. The number of fused-ring (bicyclic) bond motifs is 1. The zero-order chi connectivity index (χ0) is 14.9. The average Bonchev–Trinajstić information content (AvgIpc) is 2.38. The zero-order valence-corrected chi connectivity index (χ0v) is 11.2. The Hall–Kier alpha value is -1.93. The van der Waals surface area contributed by atoms with Crippen LogP contribution in [-0.2, 0) is 16.0 Å². The normalized spacial score (nSPS) is 18.8. The number of benzene rings is 1. The van der Waals surface area contributed by atoms with Crippen molar-refractivity contribution >= 4 is 29.4 Å². The van der Waals surface area contributed by atoms with Gasteiger partial charge in [-0.1, -0.05) is 0 Å². The van der Waals surface area contributed by atoms with Crippen LogP contribution in [0, 0.1) is 0 Å². The van der Waals surface area contributed by atoms with Crippen LogP contribution in [0.25, 0.3) is 0 Å². The fraction of sp³-hybridized carbons (Fsp3) is 0.333. The quantitative estimate of drug-likeness (QED) is 0.501. The Morgan fingerprint density at radius 3 is 2.80 bits per heavy atom. The number of hydrogen-bond acceptors (Lipinski definition) is 7. The van der Waals surface area contributed by atoms with Crippen LogP contribution in [0.15, 0.2) is 17.0 Å². The van der Waals surface area contributed by atoms with Crippen molar-refractivity contribution in [2.75, 3.05) is 11.1 Å². The van der Waals surface area contributed by atoms with E-state index in [1.165, 1.54) is 17.8 Å². The van der Waals surface area contributed by atoms with Gasteiger partial charge in [-0.3, -0.25) is 0 Å². The van der Waals surface area contributed by atoms with E-state index in [1.807, 2.05) is 0 Å². The molecule has 108 valence electrons. The maximum absolute atomic E-state index is 10.8. The van der Waals surface area contributed by atoms with E-state index >= 15 is 0 Å². The molecule has 1 unspecified atom stereocenters. The molecular formula is C12H13N2O5S-. The summed E-state index contributed by atoms with van der Waals surface area (Å²) >= 11 is 1.26. The van der Waals surface area contributed by atoms with E-state index in [0.29, 0.717) is 16.1 Å². The smallest absolute Gasteiger partial charge is 0.140 e. The van der Waals surface area contributed by atoms with E-state index in [0.717, 1.165) is 0 Å². The maximum atomic E-state index is 10.8. The molecule has 1 aliphatic rings. The van der Waals surface area contributed by atoms with E-state index in [4.69, 9.17) is 0 Å². The standard InChI is InChI=1S/C12H14N2O5S/c13-6(11(16)17)1-5-2-8(15)10-9(3-5)20-4-7(14-10)12(18)19/h2-3,6-7,14-15H,1,4,13H2,(H,16,17)(H,18,19)/p-1/t6-,7?/m0/s1. The van der Waals surface area contributed by atoms with Crippen molar-refractivity contribution < 1.29 is 30.6 Å². The van der Waals surface area contributed by atoms with Crippen LogP contribution in [0.3, 0.4) is 0 Å². The predicted molar refractivity (Wildman–Crippen MR) is 66.6 cm³/mol. The average molecular weight is 297 g/mol. The third-order valence-electron chi connectivity index (χ3n) is 2.97. The molecule has 20 heavy (non-hydrogen) atoms. The largest absolute Gasteiger partial charge is 0.548 e. The van der Waals surface area contributed by atoms with Gasteiger partial charge in [0.25, 0.3) is 0 Å². The molecule has 1 heterocycles. The molecule has 2 atom stereocenters. The number of carbonyl (C=O) groups is 2. The Morgan fingerprint density at radius 1 is 1.50 bits per heavy atom. The van der Waals surface area contributed by atoms with Gasteiger partial charge < -0.3 is 36.0 Å². The van der Waals surface area contributed by atoms with E-state index in [-0.39, 0.29) is 17.9 Å². The first-order chi connectivity index (χ1) is 9.38. The minimum atomic E-state index is -1.26. The van der Waals surface area contributed by atoms with Crippen LogP contribution < -0.4 is 21.3 Å². The third-order valence-corrected chi connectivity index (χ3v) is 4.10. The first kappa shape index (κ1) is 14.5. The zero-order valence-electron chi connectivity index (χ0n) is 10.4. The minimum absolute atomic E-state index is 0.124. The summed E-state index contributed by atoms with van der Waals surface area (Å²) in [5, 5.41) is 34.1. The third kappa shape index (κ3) is 2.97. The molecule has 0 saturated carbocycles. The topological polar surface area (TPSA) is 140 Å². The summed E-state index contributed by atoms with van der Waals surface area (Å²) in [7, 11) is 0. The second-order valence-corrected chi connectivity index (χ2v) is 5.60. The van der Waals surface area contributed by atoms with Crippen molar-refractivity contribution in [2.24, 2.45) is 0 Å². The van der Waals surface area contributed by atoms with Gasteiger partial charge in [-0.25, -0.2) is 0 Å². The number of carbonyl (C=O) groups excluding carboxylic acids is 2. The SMILES string of the molecule is [NH3+][C@@H](Cc1cc(O)c2c(c1)SCC(C(=O)[O-])N2)C(=O)[O-]. The number of quaternary nitrogens is 1. The second kappa shape index (κ2) is 5.59. The molecule has 5 N–H and O–H groups in total. The van der Waals surface area contributed by atoms with Gasteiger partial charge in [0.15, 0.2) is 0 Å². The highest BCUT2D eigenvalue weighted by molar-refractivity contribution is 7.99. The molecule has 0 bridgehead atoms. The lowest BCUT2D eigenvalue weighted by Crippen LogP contribution is -2.69. The van der Waals surface area contributed by atoms with Gasteiger partial charge in [-0.15, -0.1) is 11.8 Å². The second-order valence-electron chi connectivity index (χ2n) is 4.54. The monoisotopic (exact) mass is 297 g/mol. The van der Waals surface area contributed by atoms with Gasteiger partial charge >= 0.3 is 0 Å². The lowest BCUT2D eigenvalue weighted by atomic mass is 10.1. The van der Waals surface area contributed by atoms with Gasteiger partial charge in [0.05, 0.1) is 23.7 Å². The summed E-state index contributed by atoms with van der Waals surface area (Å²) in [6, 6.07) is 1.32.